The van der Waals surface area contributed by atoms with Crippen molar-refractivity contribution >= 4 is 10.0 Å². The molecule has 1 aromatic carbocycles. The van der Waals surface area contributed by atoms with Crippen molar-refractivity contribution < 1.29 is 12.8 Å². The third kappa shape index (κ3) is 1.88. The van der Waals surface area contributed by atoms with Gasteiger partial charge in [0, 0.05) is 12.0 Å². The van der Waals surface area contributed by atoms with Gasteiger partial charge in [-0.3, -0.25) is 0 Å². The summed E-state index contributed by atoms with van der Waals surface area (Å²) in [6.07, 6.45) is 4.96. The molecule has 0 radical (unpaired) electrons. The molecule has 1 saturated heterocycles. The summed E-state index contributed by atoms with van der Waals surface area (Å²) in [6, 6.07) is 10.6. The van der Waals surface area contributed by atoms with Crippen LogP contribution in [0.15, 0.2) is 52.0 Å². The van der Waals surface area contributed by atoms with Crippen LogP contribution in [-0.4, -0.2) is 19.3 Å². The highest BCUT2D eigenvalue weighted by Gasteiger charge is 2.61. The summed E-state index contributed by atoms with van der Waals surface area (Å²) in [7, 11) is -3.47. The van der Waals surface area contributed by atoms with Crippen molar-refractivity contribution in [2.45, 2.75) is 37.1 Å². The third-order valence-electron chi connectivity index (χ3n) is 5.13. The van der Waals surface area contributed by atoms with E-state index in [-0.39, 0.29) is 11.5 Å². The average molecular weight is 317 g/mol. The normalized spacial score (nSPS) is 24.0. The minimum atomic E-state index is -3.47. The monoisotopic (exact) mass is 317 g/mol. The number of nitrogens with zero attached hydrogens (tertiary/aromatic N) is 1. The van der Waals surface area contributed by atoms with Crippen LogP contribution >= 0.6 is 0 Å². The van der Waals surface area contributed by atoms with E-state index in [0.717, 1.165) is 24.2 Å². The molecular weight excluding hydrogens is 298 g/mol. The van der Waals surface area contributed by atoms with Crippen LogP contribution in [0, 0.1) is 12.3 Å². The molecule has 2 heterocycles. The van der Waals surface area contributed by atoms with Gasteiger partial charge in [-0.1, -0.05) is 24.1 Å². The molecule has 22 heavy (non-hydrogen) atoms. The molecule has 5 heteroatoms. The molecule has 2 aromatic rings. The van der Waals surface area contributed by atoms with Crippen molar-refractivity contribution in [3.63, 3.8) is 0 Å². The number of aryl methyl sites for hydroxylation is 1. The van der Waals surface area contributed by atoms with E-state index in [1.807, 2.05) is 31.2 Å². The summed E-state index contributed by atoms with van der Waals surface area (Å²) >= 11 is 0. The van der Waals surface area contributed by atoms with Crippen LogP contribution in [-0.2, 0) is 10.0 Å². The van der Waals surface area contributed by atoms with Gasteiger partial charge in [0.05, 0.1) is 17.2 Å². The van der Waals surface area contributed by atoms with Gasteiger partial charge in [-0.2, -0.15) is 4.31 Å². The molecule has 1 aromatic heterocycles. The van der Waals surface area contributed by atoms with E-state index in [2.05, 4.69) is 0 Å². The summed E-state index contributed by atoms with van der Waals surface area (Å²) in [4.78, 5) is 0.365. The Bertz CT molecular complexity index is 774. The lowest BCUT2D eigenvalue weighted by molar-refractivity contribution is -0.0870. The molecule has 1 spiro atoms. The van der Waals surface area contributed by atoms with Gasteiger partial charge < -0.3 is 4.42 Å². The summed E-state index contributed by atoms with van der Waals surface area (Å²) in [6.45, 7) is 2.56. The second-order valence-corrected chi connectivity index (χ2v) is 8.39. The highest BCUT2D eigenvalue weighted by Crippen LogP contribution is 2.61. The van der Waals surface area contributed by atoms with Crippen molar-refractivity contribution in [1.82, 2.24) is 4.31 Å². The first kappa shape index (κ1) is 14.0. The van der Waals surface area contributed by atoms with Gasteiger partial charge in [0.2, 0.25) is 10.0 Å². The molecule has 1 aliphatic heterocycles. The van der Waals surface area contributed by atoms with Crippen molar-refractivity contribution in [2.75, 3.05) is 6.54 Å². The smallest absolute Gasteiger partial charge is 0.243 e. The molecular formula is C17H19NO3S. The molecule has 0 bridgehead atoms. The third-order valence-corrected chi connectivity index (χ3v) is 6.95. The summed E-state index contributed by atoms with van der Waals surface area (Å²) in [5.74, 6) is 0.765. The maximum Gasteiger partial charge on any atom is 0.243 e. The topological polar surface area (TPSA) is 50.5 Å². The van der Waals surface area contributed by atoms with E-state index in [9.17, 15) is 8.42 Å². The van der Waals surface area contributed by atoms with E-state index in [1.54, 1.807) is 22.7 Å². The molecule has 116 valence electrons. The van der Waals surface area contributed by atoms with Crippen LogP contribution in [0.4, 0.5) is 0 Å². The molecule has 0 N–H and O–H groups in total. The zero-order valence-electron chi connectivity index (χ0n) is 12.5. The number of rotatable bonds is 3. The average Bonchev–Trinajstić information content (AvgIpc) is 2.89. The van der Waals surface area contributed by atoms with Crippen LogP contribution in [0.5, 0.6) is 0 Å². The summed E-state index contributed by atoms with van der Waals surface area (Å²) in [5, 5.41) is 0. The summed E-state index contributed by atoms with van der Waals surface area (Å²) in [5.41, 5.74) is 1.15. The maximum atomic E-state index is 12.9. The van der Waals surface area contributed by atoms with Gasteiger partial charge in [0.15, 0.2) is 0 Å². The first-order chi connectivity index (χ1) is 10.5. The Morgan fingerprint density at radius 3 is 2.45 bits per heavy atom. The predicted octanol–water partition coefficient (Wildman–Crippen LogP) is 3.50. The fraction of sp³-hybridized carbons (Fsp3) is 0.412. The van der Waals surface area contributed by atoms with Crippen molar-refractivity contribution in [1.29, 1.82) is 0 Å². The number of benzene rings is 1. The lowest BCUT2D eigenvalue weighted by Crippen LogP contribution is -2.63. The molecule has 2 aliphatic rings. The largest absolute Gasteiger partial charge is 0.468 e. The zero-order valence-corrected chi connectivity index (χ0v) is 13.3. The molecule has 4 nitrogen and oxygen atoms in total. The van der Waals surface area contributed by atoms with Crippen LogP contribution in [0.2, 0.25) is 0 Å². The van der Waals surface area contributed by atoms with E-state index < -0.39 is 10.0 Å². The first-order valence-electron chi connectivity index (χ1n) is 7.65. The molecule has 1 atom stereocenters. The molecule has 1 saturated carbocycles. The standard InChI is InChI=1S/C17H19NO3S/c1-13-5-7-14(8-6-13)22(19,20)18-12-17(9-3-10-17)16(18)15-4-2-11-21-15/h2,4-8,11,16H,3,9-10,12H2,1H3/t16-/m1/s1. The Labute approximate surface area is 130 Å². The van der Waals surface area contributed by atoms with E-state index in [1.165, 1.54) is 6.42 Å². The van der Waals surface area contributed by atoms with Crippen molar-refractivity contribution in [2.24, 2.45) is 5.41 Å². The Morgan fingerprint density at radius 1 is 1.18 bits per heavy atom. The SMILES string of the molecule is Cc1ccc(S(=O)(=O)N2CC3(CCC3)[C@H]2c2ccco2)cc1. The maximum absolute atomic E-state index is 12.9. The second kappa shape index (κ2) is 4.70. The van der Waals surface area contributed by atoms with Crippen LogP contribution < -0.4 is 0 Å². The number of hydrogen-bond donors (Lipinski definition) is 0. The van der Waals surface area contributed by atoms with Crippen molar-refractivity contribution in [3.8, 4) is 0 Å². The number of sulfonamides is 1. The molecule has 0 amide bonds. The fourth-order valence-corrected chi connectivity index (χ4v) is 5.49. The van der Waals surface area contributed by atoms with Gasteiger partial charge >= 0.3 is 0 Å². The Balaban J connectivity index is 1.71. The van der Waals surface area contributed by atoms with Gasteiger partial charge in [0.1, 0.15) is 5.76 Å². The highest BCUT2D eigenvalue weighted by atomic mass is 32.2. The van der Waals surface area contributed by atoms with Crippen LogP contribution in [0.1, 0.15) is 36.6 Å². The van der Waals surface area contributed by atoms with Crippen LogP contribution in [0.25, 0.3) is 0 Å². The second-order valence-electron chi connectivity index (χ2n) is 6.50. The number of furan rings is 1. The lowest BCUT2D eigenvalue weighted by Gasteiger charge is -2.60. The minimum absolute atomic E-state index is 0.0929. The lowest BCUT2D eigenvalue weighted by atomic mass is 9.58. The van der Waals surface area contributed by atoms with Crippen LogP contribution in [0.3, 0.4) is 0 Å². The number of hydrogen-bond acceptors (Lipinski definition) is 3. The van der Waals surface area contributed by atoms with E-state index in [0.29, 0.717) is 11.4 Å². The van der Waals surface area contributed by atoms with Gasteiger partial charge in [-0.15, -0.1) is 0 Å². The fourth-order valence-electron chi connectivity index (χ4n) is 3.70. The highest BCUT2D eigenvalue weighted by molar-refractivity contribution is 7.89. The Hall–Kier alpha value is -1.59. The van der Waals surface area contributed by atoms with E-state index in [4.69, 9.17) is 4.42 Å². The predicted molar refractivity (Wildman–Crippen MR) is 82.8 cm³/mol. The Morgan fingerprint density at radius 2 is 1.91 bits per heavy atom. The van der Waals surface area contributed by atoms with E-state index >= 15 is 0 Å². The van der Waals surface area contributed by atoms with Gasteiger partial charge in [0.25, 0.3) is 0 Å². The molecule has 4 rings (SSSR count). The molecule has 1 aliphatic carbocycles. The van der Waals surface area contributed by atoms with Crippen molar-refractivity contribution in [3.05, 3.63) is 54.0 Å². The quantitative estimate of drug-likeness (QED) is 0.870. The molecule has 2 fully saturated rings. The Kier molecular flexibility index (Phi) is 3.00. The zero-order chi connectivity index (χ0) is 15.4. The molecule has 0 unspecified atom stereocenters. The first-order valence-corrected chi connectivity index (χ1v) is 9.09. The van der Waals surface area contributed by atoms with Gasteiger partial charge in [-0.25, -0.2) is 8.42 Å². The summed E-state index contributed by atoms with van der Waals surface area (Å²) < 4.78 is 33.0. The minimum Gasteiger partial charge on any atom is -0.468 e. The van der Waals surface area contributed by atoms with Gasteiger partial charge in [-0.05, 0) is 44.0 Å².